The lowest BCUT2D eigenvalue weighted by Crippen LogP contribution is -2.02. The summed E-state index contributed by atoms with van der Waals surface area (Å²) in [5, 5.41) is 0. The molecule has 0 saturated carbocycles. The van der Waals surface area contributed by atoms with Crippen LogP contribution >= 0.6 is 59.6 Å². The van der Waals surface area contributed by atoms with Gasteiger partial charge in [-0.2, -0.15) is 0 Å². The first-order chi connectivity index (χ1) is 12.5. The van der Waals surface area contributed by atoms with Crippen molar-refractivity contribution in [1.82, 2.24) is 0 Å². The zero-order valence-corrected chi connectivity index (χ0v) is 19.0. The van der Waals surface area contributed by atoms with Gasteiger partial charge in [-0.05, 0) is 60.2 Å². The number of thioether (sulfide) groups is 1. The van der Waals surface area contributed by atoms with Gasteiger partial charge in [-0.1, -0.05) is 83.8 Å². The maximum absolute atomic E-state index is 13.2. The van der Waals surface area contributed by atoms with E-state index in [2.05, 4.69) is 47.8 Å². The third kappa shape index (κ3) is 5.19. The van der Waals surface area contributed by atoms with Gasteiger partial charge >= 0.3 is 0 Å². The Morgan fingerprint density at radius 2 is 1.35 bits per heavy atom. The third-order valence-electron chi connectivity index (χ3n) is 3.55. The number of hydrogen-bond donors (Lipinski definition) is 0. The molecule has 0 aromatic heterocycles. The largest absolute Gasteiger partial charge is 0.288 e. The van der Waals surface area contributed by atoms with Gasteiger partial charge in [-0.25, -0.2) is 0 Å². The van der Waals surface area contributed by atoms with Crippen LogP contribution in [0.1, 0.15) is 15.9 Å². The van der Waals surface area contributed by atoms with Crippen LogP contribution in [-0.4, -0.2) is 5.78 Å². The van der Waals surface area contributed by atoms with Crippen LogP contribution in [0.3, 0.4) is 0 Å². The highest BCUT2D eigenvalue weighted by Gasteiger charge is 2.16. The molecular formula is C21H13Br3OS. The molecule has 5 heteroatoms. The van der Waals surface area contributed by atoms with Crippen molar-refractivity contribution in [3.05, 3.63) is 102 Å². The summed E-state index contributed by atoms with van der Waals surface area (Å²) in [6, 6.07) is 23.4. The fourth-order valence-corrected chi connectivity index (χ4v) is 4.18. The van der Waals surface area contributed by atoms with E-state index in [-0.39, 0.29) is 5.78 Å². The van der Waals surface area contributed by atoms with Crippen molar-refractivity contribution in [2.75, 3.05) is 0 Å². The van der Waals surface area contributed by atoms with E-state index < -0.39 is 0 Å². The van der Waals surface area contributed by atoms with Gasteiger partial charge in [-0.15, -0.1) is 0 Å². The van der Waals surface area contributed by atoms with Crippen molar-refractivity contribution in [2.24, 2.45) is 0 Å². The predicted octanol–water partition coefficient (Wildman–Crippen LogP) is 7.99. The second-order valence-corrected chi connectivity index (χ2v) is 9.23. The molecule has 0 N–H and O–H groups in total. The van der Waals surface area contributed by atoms with Crippen LogP contribution in [0.4, 0.5) is 0 Å². The smallest absolute Gasteiger partial charge is 0.200 e. The van der Waals surface area contributed by atoms with Gasteiger partial charge < -0.3 is 0 Å². The van der Waals surface area contributed by atoms with E-state index in [1.807, 2.05) is 78.9 Å². The van der Waals surface area contributed by atoms with Gasteiger partial charge in [0.05, 0.1) is 4.91 Å². The molecule has 0 atom stereocenters. The van der Waals surface area contributed by atoms with E-state index in [1.165, 1.54) is 11.8 Å². The summed E-state index contributed by atoms with van der Waals surface area (Å²) < 4.78 is 2.81. The summed E-state index contributed by atoms with van der Waals surface area (Å²) in [7, 11) is 0. The molecule has 3 aromatic rings. The topological polar surface area (TPSA) is 17.1 Å². The van der Waals surface area contributed by atoms with E-state index in [0.717, 1.165) is 23.9 Å². The number of carbonyl (C=O) groups is 1. The summed E-state index contributed by atoms with van der Waals surface area (Å²) in [6.07, 6.45) is 1.93. The van der Waals surface area contributed by atoms with Gasteiger partial charge in [0.2, 0.25) is 5.78 Å². The van der Waals surface area contributed by atoms with Crippen molar-refractivity contribution in [3.8, 4) is 0 Å². The van der Waals surface area contributed by atoms with E-state index in [1.54, 1.807) is 0 Å². The monoisotopic (exact) mass is 550 g/mol. The minimum absolute atomic E-state index is 0.00619. The van der Waals surface area contributed by atoms with Crippen LogP contribution in [0.15, 0.2) is 96.0 Å². The van der Waals surface area contributed by atoms with Gasteiger partial charge in [0.15, 0.2) is 0 Å². The molecule has 0 fully saturated rings. The van der Waals surface area contributed by atoms with Gasteiger partial charge in [0, 0.05) is 23.9 Å². The standard InChI is InChI=1S/C21H13Br3OS/c22-15-7-5-14(6-8-15)13-20(26-17-11-9-16(23)10-12-17)21(25)18-3-1-2-4-19(18)24/h1-13H. The number of ketones is 1. The molecule has 0 aliphatic heterocycles. The van der Waals surface area contributed by atoms with Crippen LogP contribution in [0, 0.1) is 0 Å². The average Bonchev–Trinajstić information content (AvgIpc) is 2.64. The molecule has 0 unspecified atom stereocenters. The highest BCUT2D eigenvalue weighted by Crippen LogP contribution is 2.33. The molecule has 0 heterocycles. The summed E-state index contributed by atoms with van der Waals surface area (Å²) in [6.45, 7) is 0. The molecule has 0 bridgehead atoms. The van der Waals surface area contributed by atoms with Crippen molar-refractivity contribution in [3.63, 3.8) is 0 Å². The Hall–Kier alpha value is -1.14. The number of Topliss-reactive ketones (excluding diaryl/α,β-unsaturated/α-hetero) is 1. The third-order valence-corrected chi connectivity index (χ3v) is 6.33. The molecule has 0 amide bonds. The number of rotatable bonds is 5. The first-order valence-electron chi connectivity index (χ1n) is 7.73. The average molecular weight is 553 g/mol. The molecule has 3 aromatic carbocycles. The van der Waals surface area contributed by atoms with Crippen LogP contribution in [-0.2, 0) is 0 Å². The van der Waals surface area contributed by atoms with Gasteiger partial charge in [0.1, 0.15) is 0 Å². The first-order valence-corrected chi connectivity index (χ1v) is 10.9. The van der Waals surface area contributed by atoms with Crippen molar-refractivity contribution >= 4 is 71.4 Å². The predicted molar refractivity (Wildman–Crippen MR) is 121 cm³/mol. The maximum atomic E-state index is 13.2. The fourth-order valence-electron chi connectivity index (χ4n) is 2.26. The molecule has 0 spiro atoms. The van der Waals surface area contributed by atoms with E-state index in [4.69, 9.17) is 0 Å². The van der Waals surface area contributed by atoms with Crippen molar-refractivity contribution in [1.29, 1.82) is 0 Å². The second-order valence-electron chi connectivity index (χ2n) is 5.43. The zero-order chi connectivity index (χ0) is 18.5. The Bertz CT molecular complexity index is 948. The van der Waals surface area contributed by atoms with Crippen LogP contribution in [0.25, 0.3) is 6.08 Å². The van der Waals surface area contributed by atoms with E-state index >= 15 is 0 Å². The summed E-state index contributed by atoms with van der Waals surface area (Å²) in [5.41, 5.74) is 1.63. The molecule has 0 radical (unpaired) electrons. The molecule has 0 saturated heterocycles. The fraction of sp³-hybridized carbons (Fsp3) is 0. The molecular weight excluding hydrogens is 540 g/mol. The Labute approximate surface area is 182 Å². The lowest BCUT2D eigenvalue weighted by Gasteiger charge is -2.09. The highest BCUT2D eigenvalue weighted by atomic mass is 79.9. The normalized spacial score (nSPS) is 11.4. The Morgan fingerprint density at radius 3 is 1.96 bits per heavy atom. The van der Waals surface area contributed by atoms with Crippen molar-refractivity contribution < 1.29 is 4.79 Å². The zero-order valence-electron chi connectivity index (χ0n) is 13.5. The SMILES string of the molecule is O=C(C(=Cc1ccc(Br)cc1)Sc1ccc(Br)cc1)c1ccccc1Br. The van der Waals surface area contributed by atoms with E-state index in [9.17, 15) is 4.79 Å². The van der Waals surface area contributed by atoms with Gasteiger partial charge in [0.25, 0.3) is 0 Å². The Balaban J connectivity index is 2.00. The quantitative estimate of drug-likeness (QED) is 0.181. The van der Waals surface area contributed by atoms with Crippen LogP contribution in [0.2, 0.25) is 0 Å². The van der Waals surface area contributed by atoms with Crippen LogP contribution in [0.5, 0.6) is 0 Å². The Kier molecular flexibility index (Phi) is 6.92. The molecule has 130 valence electrons. The number of hydrogen-bond acceptors (Lipinski definition) is 2. The van der Waals surface area contributed by atoms with Crippen molar-refractivity contribution in [2.45, 2.75) is 4.90 Å². The molecule has 3 rings (SSSR count). The van der Waals surface area contributed by atoms with E-state index in [0.29, 0.717) is 10.5 Å². The number of carbonyl (C=O) groups excluding carboxylic acids is 1. The summed E-state index contributed by atoms with van der Waals surface area (Å²) >= 11 is 11.8. The lowest BCUT2D eigenvalue weighted by molar-refractivity contribution is 0.104. The minimum Gasteiger partial charge on any atom is -0.288 e. The molecule has 0 aliphatic rings. The summed E-state index contributed by atoms with van der Waals surface area (Å²) in [4.78, 5) is 14.8. The Morgan fingerprint density at radius 1 is 0.769 bits per heavy atom. The highest BCUT2D eigenvalue weighted by molar-refractivity contribution is 9.11. The molecule has 26 heavy (non-hydrogen) atoms. The number of benzene rings is 3. The number of allylic oxidation sites excluding steroid dienone is 1. The second kappa shape index (κ2) is 9.18. The molecule has 0 aliphatic carbocycles. The summed E-state index contributed by atoms with van der Waals surface area (Å²) in [5.74, 6) is -0.00619. The maximum Gasteiger partial charge on any atom is 0.200 e. The number of halogens is 3. The first kappa shape index (κ1) is 19.6. The molecule has 1 nitrogen and oxygen atoms in total. The van der Waals surface area contributed by atoms with Crippen LogP contribution < -0.4 is 0 Å². The lowest BCUT2D eigenvalue weighted by atomic mass is 10.1. The minimum atomic E-state index is -0.00619. The van der Waals surface area contributed by atoms with Gasteiger partial charge in [-0.3, -0.25) is 4.79 Å².